The topological polar surface area (TPSA) is 71.5 Å². The Morgan fingerprint density at radius 3 is 2.70 bits per heavy atom. The highest BCUT2D eigenvalue weighted by molar-refractivity contribution is 7.21. The molecular formula is C21H24N2O3S. The summed E-state index contributed by atoms with van der Waals surface area (Å²) in [6.45, 7) is 0.681. The molecule has 27 heavy (non-hydrogen) atoms. The predicted octanol–water partition coefficient (Wildman–Crippen LogP) is 5.19. The van der Waals surface area contributed by atoms with Crippen molar-refractivity contribution >= 4 is 27.5 Å². The van der Waals surface area contributed by atoms with Crippen LogP contribution >= 0.6 is 11.3 Å². The second-order valence-electron chi connectivity index (χ2n) is 6.42. The van der Waals surface area contributed by atoms with E-state index in [1.54, 1.807) is 16.8 Å². The predicted molar refractivity (Wildman–Crippen MR) is 108 cm³/mol. The number of hydrogen-bond donors (Lipinski definition) is 2. The molecule has 0 saturated carbocycles. The van der Waals surface area contributed by atoms with Crippen molar-refractivity contribution in [2.75, 3.05) is 6.61 Å². The number of ether oxygens (including phenoxy) is 1. The van der Waals surface area contributed by atoms with E-state index in [9.17, 15) is 4.79 Å². The normalized spacial score (nSPS) is 10.9. The highest BCUT2D eigenvalue weighted by atomic mass is 32.1. The van der Waals surface area contributed by atoms with E-state index in [0.717, 1.165) is 53.9 Å². The fourth-order valence-corrected chi connectivity index (χ4v) is 3.84. The molecule has 2 aromatic carbocycles. The van der Waals surface area contributed by atoms with Crippen molar-refractivity contribution in [3.8, 4) is 16.3 Å². The number of thiazole rings is 1. The van der Waals surface area contributed by atoms with Crippen LogP contribution in [0.4, 0.5) is 0 Å². The molecule has 0 fully saturated rings. The van der Waals surface area contributed by atoms with Crippen LogP contribution in [0.1, 0.15) is 38.5 Å². The van der Waals surface area contributed by atoms with Gasteiger partial charge in [0.2, 0.25) is 5.91 Å². The number of hydrogen-bond acceptors (Lipinski definition) is 5. The summed E-state index contributed by atoms with van der Waals surface area (Å²) < 4.78 is 7.07. The van der Waals surface area contributed by atoms with Crippen LogP contribution in [-0.4, -0.2) is 22.7 Å². The Hall–Kier alpha value is -2.44. The van der Waals surface area contributed by atoms with Gasteiger partial charge in [0.1, 0.15) is 10.8 Å². The first-order chi connectivity index (χ1) is 13.3. The molecule has 5 nitrogen and oxygen atoms in total. The average Bonchev–Trinajstić information content (AvgIpc) is 3.14. The third kappa shape index (κ3) is 5.77. The van der Waals surface area contributed by atoms with Crippen LogP contribution in [-0.2, 0) is 4.79 Å². The maximum absolute atomic E-state index is 10.9. The van der Waals surface area contributed by atoms with Crippen LogP contribution in [0.25, 0.3) is 20.8 Å². The SMILES string of the molecule is O=C(CCCCCCCOc1cccc(-c2nc3ccccc3s2)c1)NO. The second kappa shape index (κ2) is 10.0. The van der Waals surface area contributed by atoms with Gasteiger partial charge in [-0.25, -0.2) is 10.5 Å². The van der Waals surface area contributed by atoms with Gasteiger partial charge >= 0.3 is 0 Å². The van der Waals surface area contributed by atoms with Gasteiger partial charge in [0.15, 0.2) is 0 Å². The molecule has 0 aliphatic rings. The molecule has 1 amide bonds. The van der Waals surface area contributed by atoms with Crippen LogP contribution < -0.4 is 10.2 Å². The molecule has 0 atom stereocenters. The molecule has 1 aromatic heterocycles. The van der Waals surface area contributed by atoms with E-state index in [1.165, 1.54) is 4.70 Å². The molecule has 0 bridgehead atoms. The molecule has 1 heterocycles. The molecule has 142 valence electrons. The van der Waals surface area contributed by atoms with Crippen molar-refractivity contribution in [2.24, 2.45) is 0 Å². The van der Waals surface area contributed by atoms with E-state index >= 15 is 0 Å². The molecule has 0 spiro atoms. The average molecular weight is 385 g/mol. The Balaban J connectivity index is 1.42. The van der Waals surface area contributed by atoms with Gasteiger partial charge in [-0.15, -0.1) is 11.3 Å². The largest absolute Gasteiger partial charge is 0.494 e. The fourth-order valence-electron chi connectivity index (χ4n) is 2.88. The first-order valence-electron chi connectivity index (χ1n) is 9.28. The Kier molecular flexibility index (Phi) is 7.19. The van der Waals surface area contributed by atoms with Crippen LogP contribution in [0.5, 0.6) is 5.75 Å². The quantitative estimate of drug-likeness (QED) is 0.287. The summed E-state index contributed by atoms with van der Waals surface area (Å²) >= 11 is 1.69. The lowest BCUT2D eigenvalue weighted by Crippen LogP contribution is -2.17. The summed E-state index contributed by atoms with van der Waals surface area (Å²) in [6.07, 6.45) is 5.28. The maximum atomic E-state index is 10.9. The monoisotopic (exact) mass is 384 g/mol. The number of fused-ring (bicyclic) bond motifs is 1. The molecule has 3 aromatic rings. The van der Waals surface area contributed by atoms with Gasteiger partial charge in [0.05, 0.1) is 16.8 Å². The van der Waals surface area contributed by atoms with E-state index in [0.29, 0.717) is 13.0 Å². The Morgan fingerprint density at radius 2 is 1.85 bits per heavy atom. The number of amides is 1. The molecule has 2 N–H and O–H groups in total. The van der Waals surface area contributed by atoms with E-state index in [1.807, 2.05) is 36.4 Å². The van der Waals surface area contributed by atoms with Gasteiger partial charge < -0.3 is 4.74 Å². The first-order valence-corrected chi connectivity index (χ1v) is 10.1. The summed E-state index contributed by atoms with van der Waals surface area (Å²) in [5.74, 6) is 0.553. The van der Waals surface area contributed by atoms with Crippen molar-refractivity contribution < 1.29 is 14.7 Å². The van der Waals surface area contributed by atoms with E-state index < -0.39 is 0 Å². The number of carbonyl (C=O) groups excluding carboxylic acids is 1. The molecule has 3 rings (SSSR count). The first kappa shape index (κ1) is 19.3. The second-order valence-corrected chi connectivity index (χ2v) is 7.45. The molecule has 0 radical (unpaired) electrons. The van der Waals surface area contributed by atoms with Crippen LogP contribution in [0, 0.1) is 0 Å². The van der Waals surface area contributed by atoms with E-state index in [2.05, 4.69) is 12.1 Å². The van der Waals surface area contributed by atoms with Crippen LogP contribution in [0.15, 0.2) is 48.5 Å². The highest BCUT2D eigenvalue weighted by Gasteiger charge is 2.07. The zero-order chi connectivity index (χ0) is 18.9. The minimum Gasteiger partial charge on any atom is -0.494 e. The van der Waals surface area contributed by atoms with Gasteiger partial charge in [-0.1, -0.05) is 43.5 Å². The Morgan fingerprint density at radius 1 is 1.04 bits per heavy atom. The number of nitrogens with zero attached hydrogens (tertiary/aromatic N) is 1. The zero-order valence-electron chi connectivity index (χ0n) is 15.2. The zero-order valence-corrected chi connectivity index (χ0v) is 16.0. The van der Waals surface area contributed by atoms with Crippen molar-refractivity contribution in [1.29, 1.82) is 0 Å². The lowest BCUT2D eigenvalue weighted by Gasteiger charge is -2.07. The number of hydroxylamine groups is 1. The molecule has 0 saturated heterocycles. The number of benzene rings is 2. The third-order valence-corrected chi connectivity index (χ3v) is 5.40. The van der Waals surface area contributed by atoms with Gasteiger partial charge in [-0.05, 0) is 37.1 Å². The number of unbranched alkanes of at least 4 members (excludes halogenated alkanes) is 4. The lowest BCUT2D eigenvalue weighted by molar-refractivity contribution is -0.129. The maximum Gasteiger partial charge on any atom is 0.243 e. The number of aromatic nitrogens is 1. The number of para-hydroxylation sites is 1. The van der Waals surface area contributed by atoms with Gasteiger partial charge in [0, 0.05) is 12.0 Å². The number of carbonyl (C=O) groups is 1. The lowest BCUT2D eigenvalue weighted by atomic mass is 10.1. The van der Waals surface area contributed by atoms with E-state index in [-0.39, 0.29) is 5.91 Å². The molecule has 0 aliphatic carbocycles. The summed E-state index contributed by atoms with van der Waals surface area (Å²) in [5.41, 5.74) is 3.76. The van der Waals surface area contributed by atoms with Crippen molar-refractivity contribution in [3.63, 3.8) is 0 Å². The summed E-state index contributed by atoms with van der Waals surface area (Å²) in [7, 11) is 0. The Labute approximate surface area is 163 Å². The smallest absolute Gasteiger partial charge is 0.243 e. The van der Waals surface area contributed by atoms with E-state index in [4.69, 9.17) is 14.9 Å². The minimum atomic E-state index is -0.314. The fraction of sp³-hybridized carbons (Fsp3) is 0.333. The minimum absolute atomic E-state index is 0.314. The summed E-state index contributed by atoms with van der Waals surface area (Å²) in [6, 6.07) is 16.3. The van der Waals surface area contributed by atoms with Crippen molar-refractivity contribution in [3.05, 3.63) is 48.5 Å². The Bertz CT molecular complexity index is 845. The van der Waals surface area contributed by atoms with Crippen molar-refractivity contribution in [2.45, 2.75) is 38.5 Å². The summed E-state index contributed by atoms with van der Waals surface area (Å²) in [5, 5.41) is 9.43. The number of nitrogens with one attached hydrogen (secondary N) is 1. The van der Waals surface area contributed by atoms with Gasteiger partial charge in [0.25, 0.3) is 0 Å². The molecule has 0 unspecified atom stereocenters. The third-order valence-electron chi connectivity index (χ3n) is 4.32. The standard InChI is InChI=1S/C21H24N2O3S/c24-20(23-25)13-4-2-1-3-7-14-26-17-10-8-9-16(15-17)21-22-18-11-5-6-12-19(18)27-21/h5-6,8-12,15,25H,1-4,7,13-14H2,(H,23,24). The van der Waals surface area contributed by atoms with Crippen LogP contribution in [0.3, 0.4) is 0 Å². The molecular weight excluding hydrogens is 360 g/mol. The van der Waals surface area contributed by atoms with Gasteiger partial charge in [-0.3, -0.25) is 10.0 Å². The molecule has 0 aliphatic heterocycles. The number of rotatable bonds is 10. The van der Waals surface area contributed by atoms with Crippen molar-refractivity contribution in [1.82, 2.24) is 10.5 Å². The summed E-state index contributed by atoms with van der Waals surface area (Å²) in [4.78, 5) is 15.6. The highest BCUT2D eigenvalue weighted by Crippen LogP contribution is 2.31. The van der Waals surface area contributed by atoms with Gasteiger partial charge in [-0.2, -0.15) is 0 Å². The van der Waals surface area contributed by atoms with Crippen LogP contribution in [0.2, 0.25) is 0 Å². The molecule has 6 heteroatoms.